The third kappa shape index (κ3) is 6.13. The molecule has 3 rings (SSSR count). The van der Waals surface area contributed by atoms with Crippen molar-refractivity contribution in [3.63, 3.8) is 0 Å². The average molecular weight is 440 g/mol. The molecule has 0 bridgehead atoms. The molecular formula is C23H22BrNO3. The van der Waals surface area contributed by atoms with E-state index in [1.165, 1.54) is 5.56 Å². The lowest BCUT2D eigenvalue weighted by Crippen LogP contribution is -2.20. The standard InChI is InChI=1S/C23H22BrNO3/c1-17-14-21(10-11-22(17)24)28-16-23(26)25-19-8-5-9-20(15-19)27-13-12-18-6-3-2-4-7-18/h2-11,14-15H,12-13,16H2,1H3,(H,25,26). The van der Waals surface area contributed by atoms with Crippen molar-refractivity contribution in [3.8, 4) is 11.5 Å². The van der Waals surface area contributed by atoms with Crippen molar-refractivity contribution in [3.05, 3.63) is 88.4 Å². The van der Waals surface area contributed by atoms with Crippen molar-refractivity contribution in [2.45, 2.75) is 13.3 Å². The van der Waals surface area contributed by atoms with Gasteiger partial charge < -0.3 is 14.8 Å². The minimum Gasteiger partial charge on any atom is -0.493 e. The molecule has 0 aliphatic carbocycles. The molecule has 1 amide bonds. The van der Waals surface area contributed by atoms with Crippen molar-refractivity contribution in [2.75, 3.05) is 18.5 Å². The van der Waals surface area contributed by atoms with Crippen LogP contribution < -0.4 is 14.8 Å². The number of ether oxygens (including phenoxy) is 2. The molecule has 1 N–H and O–H groups in total. The van der Waals surface area contributed by atoms with Gasteiger partial charge in [-0.1, -0.05) is 52.3 Å². The van der Waals surface area contributed by atoms with Gasteiger partial charge >= 0.3 is 0 Å². The molecule has 5 heteroatoms. The van der Waals surface area contributed by atoms with E-state index in [9.17, 15) is 4.79 Å². The van der Waals surface area contributed by atoms with Crippen LogP contribution in [0.25, 0.3) is 0 Å². The summed E-state index contributed by atoms with van der Waals surface area (Å²) in [6, 6.07) is 23.2. The van der Waals surface area contributed by atoms with Gasteiger partial charge in [0.15, 0.2) is 6.61 Å². The number of hydrogen-bond donors (Lipinski definition) is 1. The fraction of sp³-hybridized carbons (Fsp3) is 0.174. The lowest BCUT2D eigenvalue weighted by molar-refractivity contribution is -0.118. The summed E-state index contributed by atoms with van der Waals surface area (Å²) in [6.45, 7) is 2.49. The van der Waals surface area contributed by atoms with Gasteiger partial charge in [-0.15, -0.1) is 0 Å². The van der Waals surface area contributed by atoms with Gasteiger partial charge in [0, 0.05) is 22.6 Å². The fourth-order valence-electron chi connectivity index (χ4n) is 2.65. The number of anilines is 1. The second-order valence-corrected chi connectivity index (χ2v) is 7.21. The molecule has 144 valence electrons. The van der Waals surface area contributed by atoms with E-state index in [0.29, 0.717) is 18.0 Å². The van der Waals surface area contributed by atoms with E-state index in [0.717, 1.165) is 22.2 Å². The van der Waals surface area contributed by atoms with E-state index < -0.39 is 0 Å². The molecule has 4 nitrogen and oxygen atoms in total. The van der Waals surface area contributed by atoms with Crippen LogP contribution in [0.3, 0.4) is 0 Å². The first-order valence-corrected chi connectivity index (χ1v) is 9.85. The predicted octanol–water partition coefficient (Wildman–Crippen LogP) is 5.40. The van der Waals surface area contributed by atoms with Crippen LogP contribution in [0.5, 0.6) is 11.5 Å². The zero-order valence-electron chi connectivity index (χ0n) is 15.7. The summed E-state index contributed by atoms with van der Waals surface area (Å²) in [5.41, 5.74) is 2.96. The summed E-state index contributed by atoms with van der Waals surface area (Å²) in [7, 11) is 0. The van der Waals surface area contributed by atoms with Crippen LogP contribution >= 0.6 is 15.9 Å². The number of halogens is 1. The van der Waals surface area contributed by atoms with Gasteiger partial charge in [0.2, 0.25) is 0 Å². The van der Waals surface area contributed by atoms with Crippen LogP contribution in [0.15, 0.2) is 77.3 Å². The van der Waals surface area contributed by atoms with Crippen molar-refractivity contribution in [2.24, 2.45) is 0 Å². The Bertz CT molecular complexity index is 928. The Morgan fingerprint density at radius 3 is 2.50 bits per heavy atom. The summed E-state index contributed by atoms with van der Waals surface area (Å²) in [6.07, 6.45) is 0.831. The minimum atomic E-state index is -0.220. The van der Waals surface area contributed by atoms with Gasteiger partial charge in [0.25, 0.3) is 5.91 Å². The maximum Gasteiger partial charge on any atom is 0.262 e. The zero-order valence-corrected chi connectivity index (χ0v) is 17.2. The Labute approximate surface area is 173 Å². The van der Waals surface area contributed by atoms with E-state index in [1.807, 2.05) is 67.6 Å². The highest BCUT2D eigenvalue weighted by Crippen LogP contribution is 2.22. The molecule has 0 unspecified atom stereocenters. The predicted molar refractivity (Wildman–Crippen MR) is 115 cm³/mol. The van der Waals surface area contributed by atoms with Crippen molar-refractivity contribution >= 4 is 27.5 Å². The van der Waals surface area contributed by atoms with Crippen molar-refractivity contribution in [1.82, 2.24) is 0 Å². The van der Waals surface area contributed by atoms with Crippen LogP contribution in [0.4, 0.5) is 5.69 Å². The Hall–Kier alpha value is -2.79. The van der Waals surface area contributed by atoms with E-state index in [2.05, 4.69) is 33.4 Å². The van der Waals surface area contributed by atoms with Crippen molar-refractivity contribution in [1.29, 1.82) is 0 Å². The third-order valence-electron chi connectivity index (χ3n) is 4.12. The monoisotopic (exact) mass is 439 g/mol. The molecular weight excluding hydrogens is 418 g/mol. The van der Waals surface area contributed by atoms with Crippen LogP contribution in [0.2, 0.25) is 0 Å². The molecule has 0 saturated carbocycles. The molecule has 0 heterocycles. The van der Waals surface area contributed by atoms with Crippen LogP contribution in [0.1, 0.15) is 11.1 Å². The zero-order chi connectivity index (χ0) is 19.8. The Balaban J connectivity index is 1.47. The number of hydrogen-bond acceptors (Lipinski definition) is 3. The van der Waals surface area contributed by atoms with Gasteiger partial charge in [-0.25, -0.2) is 0 Å². The second kappa shape index (κ2) is 9.95. The fourth-order valence-corrected chi connectivity index (χ4v) is 2.89. The largest absolute Gasteiger partial charge is 0.493 e. The number of nitrogens with one attached hydrogen (secondary N) is 1. The van der Waals surface area contributed by atoms with Crippen LogP contribution in [0, 0.1) is 6.92 Å². The molecule has 0 fully saturated rings. The number of rotatable bonds is 8. The number of benzene rings is 3. The summed E-state index contributed by atoms with van der Waals surface area (Å²) >= 11 is 3.44. The summed E-state index contributed by atoms with van der Waals surface area (Å²) in [5.74, 6) is 1.16. The van der Waals surface area contributed by atoms with Gasteiger partial charge in [-0.3, -0.25) is 4.79 Å². The highest BCUT2D eigenvalue weighted by molar-refractivity contribution is 9.10. The quantitative estimate of drug-likeness (QED) is 0.511. The minimum absolute atomic E-state index is 0.0554. The number of amides is 1. The highest BCUT2D eigenvalue weighted by atomic mass is 79.9. The van der Waals surface area contributed by atoms with Crippen LogP contribution in [-0.4, -0.2) is 19.1 Å². The topological polar surface area (TPSA) is 47.6 Å². The molecule has 0 aliphatic heterocycles. The first-order chi connectivity index (χ1) is 13.6. The normalized spacial score (nSPS) is 10.4. The number of aryl methyl sites for hydroxylation is 1. The number of carbonyl (C=O) groups excluding carboxylic acids is 1. The molecule has 3 aromatic rings. The lowest BCUT2D eigenvalue weighted by Gasteiger charge is -2.10. The Morgan fingerprint density at radius 2 is 1.71 bits per heavy atom. The Morgan fingerprint density at radius 1 is 0.929 bits per heavy atom. The molecule has 0 radical (unpaired) electrons. The van der Waals surface area contributed by atoms with Crippen LogP contribution in [-0.2, 0) is 11.2 Å². The molecule has 0 spiro atoms. The third-order valence-corrected chi connectivity index (χ3v) is 5.01. The summed E-state index contributed by atoms with van der Waals surface area (Å²) < 4.78 is 12.4. The van der Waals surface area contributed by atoms with Gasteiger partial charge in [-0.2, -0.15) is 0 Å². The molecule has 0 aliphatic rings. The summed E-state index contributed by atoms with van der Waals surface area (Å²) in [5, 5.41) is 2.83. The van der Waals surface area contributed by atoms with E-state index in [1.54, 1.807) is 0 Å². The smallest absolute Gasteiger partial charge is 0.262 e. The van der Waals surface area contributed by atoms with E-state index in [4.69, 9.17) is 9.47 Å². The molecule has 28 heavy (non-hydrogen) atoms. The lowest BCUT2D eigenvalue weighted by atomic mass is 10.2. The summed E-state index contributed by atoms with van der Waals surface area (Å²) in [4.78, 5) is 12.2. The van der Waals surface area contributed by atoms with Gasteiger partial charge in [0.05, 0.1) is 6.61 Å². The second-order valence-electron chi connectivity index (χ2n) is 6.36. The average Bonchev–Trinajstić information content (AvgIpc) is 2.70. The first-order valence-electron chi connectivity index (χ1n) is 9.06. The Kier molecular flexibility index (Phi) is 7.09. The maximum atomic E-state index is 12.2. The van der Waals surface area contributed by atoms with Crippen molar-refractivity contribution < 1.29 is 14.3 Å². The SMILES string of the molecule is Cc1cc(OCC(=O)Nc2cccc(OCCc3ccccc3)c2)ccc1Br. The van der Waals surface area contributed by atoms with E-state index >= 15 is 0 Å². The van der Waals surface area contributed by atoms with Gasteiger partial charge in [-0.05, 0) is 48.4 Å². The molecule has 0 saturated heterocycles. The van der Waals surface area contributed by atoms with E-state index in [-0.39, 0.29) is 12.5 Å². The van der Waals surface area contributed by atoms with Gasteiger partial charge in [0.1, 0.15) is 11.5 Å². The first kappa shape index (κ1) is 20.0. The molecule has 0 atom stereocenters. The highest BCUT2D eigenvalue weighted by Gasteiger charge is 2.06. The molecule has 0 aromatic heterocycles. The number of carbonyl (C=O) groups is 1. The molecule has 3 aromatic carbocycles. The maximum absolute atomic E-state index is 12.2.